The highest BCUT2D eigenvalue weighted by Gasteiger charge is 2.49. The molecular formula is C12H19NO6. The molecule has 19 heavy (non-hydrogen) atoms. The van der Waals surface area contributed by atoms with Crippen molar-refractivity contribution in [3.05, 3.63) is 0 Å². The number of carbonyl (C=O) groups is 3. The molecule has 1 fully saturated rings. The smallest absolute Gasteiger partial charge is 0.325 e. The van der Waals surface area contributed by atoms with Gasteiger partial charge in [-0.2, -0.15) is 0 Å². The Kier molecular flexibility index (Phi) is 5.75. The summed E-state index contributed by atoms with van der Waals surface area (Å²) in [6.07, 6.45) is 0.334. The van der Waals surface area contributed by atoms with Gasteiger partial charge in [0.05, 0.1) is 25.0 Å². The number of amides is 1. The van der Waals surface area contributed by atoms with Gasteiger partial charge in [-0.1, -0.05) is 0 Å². The first-order valence-corrected chi connectivity index (χ1v) is 6.17. The third-order valence-corrected chi connectivity index (χ3v) is 2.93. The van der Waals surface area contributed by atoms with Crippen LogP contribution in [0.5, 0.6) is 0 Å². The number of carboxylic acid groups (broad SMARTS) is 1. The van der Waals surface area contributed by atoms with Gasteiger partial charge in [-0.05, 0) is 13.3 Å². The number of hydrogen-bond acceptors (Lipinski definition) is 5. The predicted molar refractivity (Wildman–Crippen MR) is 64.3 cm³/mol. The third-order valence-electron chi connectivity index (χ3n) is 2.93. The van der Waals surface area contributed by atoms with Gasteiger partial charge >= 0.3 is 11.9 Å². The van der Waals surface area contributed by atoms with Crippen LogP contribution in [0.2, 0.25) is 0 Å². The van der Waals surface area contributed by atoms with Crippen molar-refractivity contribution in [2.45, 2.75) is 13.3 Å². The van der Waals surface area contributed by atoms with Crippen molar-refractivity contribution in [3.8, 4) is 0 Å². The summed E-state index contributed by atoms with van der Waals surface area (Å²) >= 11 is 0. The quantitative estimate of drug-likeness (QED) is 0.613. The molecule has 0 bridgehead atoms. The Morgan fingerprint density at radius 3 is 2.47 bits per heavy atom. The van der Waals surface area contributed by atoms with Crippen molar-refractivity contribution >= 4 is 17.8 Å². The van der Waals surface area contributed by atoms with Crippen LogP contribution < -0.4 is 0 Å². The van der Waals surface area contributed by atoms with Gasteiger partial charge in [0.15, 0.2) is 0 Å². The fourth-order valence-electron chi connectivity index (χ4n) is 1.81. The SMILES string of the molecule is CCOC(=O)CN(CCOC)C(=O)C1CC1C(=O)O. The molecule has 0 aromatic carbocycles. The minimum Gasteiger partial charge on any atom is -0.481 e. The predicted octanol–water partition coefficient (Wildman–Crippen LogP) is -0.255. The van der Waals surface area contributed by atoms with Crippen molar-refractivity contribution in [1.82, 2.24) is 4.90 Å². The van der Waals surface area contributed by atoms with Crippen LogP contribution in [0.1, 0.15) is 13.3 Å². The maximum absolute atomic E-state index is 12.1. The molecule has 1 aliphatic carbocycles. The molecule has 0 spiro atoms. The van der Waals surface area contributed by atoms with Crippen molar-refractivity contribution in [3.63, 3.8) is 0 Å². The summed E-state index contributed by atoms with van der Waals surface area (Å²) in [5.41, 5.74) is 0. The molecule has 1 aliphatic rings. The fraction of sp³-hybridized carbons (Fsp3) is 0.750. The average Bonchev–Trinajstić information content (AvgIpc) is 3.14. The molecule has 0 radical (unpaired) electrons. The maximum atomic E-state index is 12.1. The van der Waals surface area contributed by atoms with Gasteiger partial charge in [0.2, 0.25) is 5.91 Å². The van der Waals surface area contributed by atoms with Gasteiger partial charge in [0.25, 0.3) is 0 Å². The van der Waals surface area contributed by atoms with Gasteiger partial charge in [-0.15, -0.1) is 0 Å². The highest BCUT2D eigenvalue weighted by molar-refractivity contribution is 5.91. The van der Waals surface area contributed by atoms with Gasteiger partial charge in [0, 0.05) is 13.7 Å². The molecule has 0 saturated heterocycles. The molecule has 0 aromatic rings. The lowest BCUT2D eigenvalue weighted by Crippen LogP contribution is -2.40. The number of carbonyl (C=O) groups excluding carboxylic acids is 2. The highest BCUT2D eigenvalue weighted by atomic mass is 16.5. The summed E-state index contributed by atoms with van der Waals surface area (Å²) in [4.78, 5) is 35.5. The second-order valence-electron chi connectivity index (χ2n) is 4.34. The van der Waals surface area contributed by atoms with Gasteiger partial charge in [0.1, 0.15) is 6.54 Å². The van der Waals surface area contributed by atoms with Crippen LogP contribution in [-0.2, 0) is 23.9 Å². The normalized spacial score (nSPS) is 20.7. The second kappa shape index (κ2) is 7.08. The molecule has 1 saturated carbocycles. The standard InChI is InChI=1S/C12H19NO6/c1-3-19-10(14)7-13(4-5-18-2)11(15)8-6-9(8)12(16)17/h8-9H,3-7H2,1-2H3,(H,16,17). The van der Waals surface area contributed by atoms with Crippen LogP contribution in [0.25, 0.3) is 0 Å². The number of nitrogens with zero attached hydrogens (tertiary/aromatic N) is 1. The molecule has 7 nitrogen and oxygen atoms in total. The van der Waals surface area contributed by atoms with Crippen LogP contribution >= 0.6 is 0 Å². The van der Waals surface area contributed by atoms with E-state index in [1.165, 1.54) is 12.0 Å². The average molecular weight is 273 g/mol. The van der Waals surface area contributed by atoms with Crippen molar-refractivity contribution in [2.24, 2.45) is 11.8 Å². The zero-order chi connectivity index (χ0) is 14.4. The number of methoxy groups -OCH3 is 1. The highest BCUT2D eigenvalue weighted by Crippen LogP contribution is 2.40. The van der Waals surface area contributed by atoms with E-state index in [4.69, 9.17) is 14.6 Å². The fourth-order valence-corrected chi connectivity index (χ4v) is 1.81. The van der Waals surface area contributed by atoms with Crippen LogP contribution in [-0.4, -0.2) is 61.3 Å². The first kappa shape index (κ1) is 15.4. The molecule has 0 aliphatic heterocycles. The van der Waals surface area contributed by atoms with E-state index in [9.17, 15) is 14.4 Å². The molecule has 1 rings (SSSR count). The zero-order valence-electron chi connectivity index (χ0n) is 11.1. The molecule has 2 atom stereocenters. The Bertz CT molecular complexity index is 356. The summed E-state index contributed by atoms with van der Waals surface area (Å²) in [5.74, 6) is -2.94. The molecule has 2 unspecified atom stereocenters. The summed E-state index contributed by atoms with van der Waals surface area (Å²) in [5, 5.41) is 8.81. The van der Waals surface area contributed by atoms with Crippen molar-refractivity contribution in [1.29, 1.82) is 0 Å². The molecule has 108 valence electrons. The Balaban J connectivity index is 2.55. The summed E-state index contributed by atoms with van der Waals surface area (Å²) in [7, 11) is 1.49. The largest absolute Gasteiger partial charge is 0.481 e. The number of aliphatic carboxylic acids is 1. The molecule has 0 aromatic heterocycles. The molecule has 0 heterocycles. The Morgan fingerprint density at radius 1 is 1.32 bits per heavy atom. The first-order valence-electron chi connectivity index (χ1n) is 6.17. The van der Waals surface area contributed by atoms with Gasteiger partial charge < -0.3 is 19.5 Å². The van der Waals surface area contributed by atoms with Crippen LogP contribution in [0.3, 0.4) is 0 Å². The minimum atomic E-state index is -0.971. The zero-order valence-corrected chi connectivity index (χ0v) is 11.1. The Hall–Kier alpha value is -1.63. The van der Waals surface area contributed by atoms with Crippen LogP contribution in [0, 0.1) is 11.8 Å². The summed E-state index contributed by atoms with van der Waals surface area (Å²) in [6, 6.07) is 0. The van der Waals surface area contributed by atoms with Crippen molar-refractivity contribution in [2.75, 3.05) is 33.4 Å². The van der Waals surface area contributed by atoms with Crippen LogP contribution in [0.4, 0.5) is 0 Å². The molecule has 1 N–H and O–H groups in total. The number of hydrogen-bond donors (Lipinski definition) is 1. The number of ether oxygens (including phenoxy) is 2. The van der Waals surface area contributed by atoms with E-state index in [1.54, 1.807) is 6.92 Å². The molecular weight excluding hydrogens is 254 g/mol. The van der Waals surface area contributed by atoms with E-state index < -0.39 is 23.8 Å². The Morgan fingerprint density at radius 2 is 2.00 bits per heavy atom. The topological polar surface area (TPSA) is 93.1 Å². The monoisotopic (exact) mass is 273 g/mol. The van der Waals surface area contributed by atoms with E-state index in [1.807, 2.05) is 0 Å². The first-order chi connectivity index (χ1) is 9.01. The summed E-state index contributed by atoms with van der Waals surface area (Å²) < 4.78 is 9.66. The van der Waals surface area contributed by atoms with Gasteiger partial charge in [-0.25, -0.2) is 0 Å². The molecule has 1 amide bonds. The van der Waals surface area contributed by atoms with Crippen molar-refractivity contribution < 1.29 is 29.0 Å². The van der Waals surface area contributed by atoms with Gasteiger partial charge in [-0.3, -0.25) is 14.4 Å². The van der Waals surface area contributed by atoms with E-state index >= 15 is 0 Å². The van der Waals surface area contributed by atoms with E-state index in [2.05, 4.69) is 0 Å². The third kappa shape index (κ3) is 4.51. The lowest BCUT2D eigenvalue weighted by atomic mass is 10.2. The second-order valence-corrected chi connectivity index (χ2v) is 4.34. The lowest BCUT2D eigenvalue weighted by Gasteiger charge is -2.21. The molecule has 7 heteroatoms. The number of esters is 1. The minimum absolute atomic E-state index is 0.168. The maximum Gasteiger partial charge on any atom is 0.325 e. The number of rotatable bonds is 8. The van der Waals surface area contributed by atoms with E-state index in [0.29, 0.717) is 6.42 Å². The van der Waals surface area contributed by atoms with Crippen LogP contribution in [0.15, 0.2) is 0 Å². The summed E-state index contributed by atoms with van der Waals surface area (Å²) in [6.45, 7) is 2.29. The van der Waals surface area contributed by atoms with E-state index in [0.717, 1.165) is 0 Å². The Labute approximate surface area is 111 Å². The van der Waals surface area contributed by atoms with E-state index in [-0.39, 0.29) is 32.2 Å². The lowest BCUT2D eigenvalue weighted by molar-refractivity contribution is -0.150. The number of carboxylic acids is 1.